The maximum Gasteiger partial charge on any atom is 0.198 e. The Hall–Kier alpha value is -3.14. The number of fused-ring (bicyclic) bond motifs is 1. The Balaban J connectivity index is 0.00000150. The molecule has 1 unspecified atom stereocenters. The van der Waals surface area contributed by atoms with Crippen molar-refractivity contribution in [1.29, 1.82) is 0 Å². The van der Waals surface area contributed by atoms with E-state index in [1.807, 2.05) is 0 Å². The standard InChI is InChI=1S/C23H22N4.2CH4/c1-4-16(3)17-9-11-19(12-10-17)21-20(18-7-5-15(2)6-8-18)26-22-23(27-21)25-14-13-24-22;;/h5-14,16H,4H2,1-3H3;2*1H4. The van der Waals surface area contributed by atoms with Gasteiger partial charge in [-0.15, -0.1) is 0 Å². The molecule has 2 aromatic carbocycles. The molecule has 0 aliphatic carbocycles. The van der Waals surface area contributed by atoms with Gasteiger partial charge in [0, 0.05) is 23.5 Å². The fourth-order valence-corrected chi connectivity index (χ4v) is 3.12. The summed E-state index contributed by atoms with van der Waals surface area (Å²) < 4.78 is 0. The lowest BCUT2D eigenvalue weighted by atomic mass is 9.96. The van der Waals surface area contributed by atoms with Crippen LogP contribution >= 0.6 is 0 Å². The summed E-state index contributed by atoms with van der Waals surface area (Å²) in [6.07, 6.45) is 4.42. The molecule has 0 radical (unpaired) electrons. The first-order valence-corrected chi connectivity index (χ1v) is 9.32. The lowest BCUT2D eigenvalue weighted by molar-refractivity contribution is 0.734. The van der Waals surface area contributed by atoms with Gasteiger partial charge in [-0.2, -0.15) is 0 Å². The van der Waals surface area contributed by atoms with Gasteiger partial charge in [0.05, 0.1) is 11.4 Å². The van der Waals surface area contributed by atoms with Crippen molar-refractivity contribution in [2.75, 3.05) is 0 Å². The first-order valence-electron chi connectivity index (χ1n) is 9.32. The van der Waals surface area contributed by atoms with Gasteiger partial charge in [0.1, 0.15) is 0 Å². The van der Waals surface area contributed by atoms with Crippen molar-refractivity contribution < 1.29 is 0 Å². The monoisotopic (exact) mass is 386 g/mol. The summed E-state index contributed by atoms with van der Waals surface area (Å²) in [6, 6.07) is 17.0. The summed E-state index contributed by atoms with van der Waals surface area (Å²) in [5, 5.41) is 0. The van der Waals surface area contributed by atoms with Crippen LogP contribution in [0.4, 0.5) is 0 Å². The molecule has 0 fully saturated rings. The van der Waals surface area contributed by atoms with E-state index in [4.69, 9.17) is 9.97 Å². The van der Waals surface area contributed by atoms with Gasteiger partial charge in [0.25, 0.3) is 0 Å². The smallest absolute Gasteiger partial charge is 0.198 e. The van der Waals surface area contributed by atoms with Gasteiger partial charge in [-0.3, -0.25) is 0 Å². The molecule has 0 aliphatic heterocycles. The molecule has 0 saturated heterocycles. The van der Waals surface area contributed by atoms with Crippen LogP contribution in [0.25, 0.3) is 33.8 Å². The highest BCUT2D eigenvalue weighted by Crippen LogP contribution is 2.31. The number of hydrogen-bond acceptors (Lipinski definition) is 4. The highest BCUT2D eigenvalue weighted by molar-refractivity contribution is 5.83. The maximum absolute atomic E-state index is 4.80. The van der Waals surface area contributed by atoms with Crippen LogP contribution in [0.3, 0.4) is 0 Å². The second kappa shape index (κ2) is 9.37. The lowest BCUT2D eigenvalue weighted by Gasteiger charge is -2.12. The van der Waals surface area contributed by atoms with E-state index in [1.165, 1.54) is 11.1 Å². The molecule has 150 valence electrons. The van der Waals surface area contributed by atoms with Crippen molar-refractivity contribution >= 4 is 11.3 Å². The summed E-state index contributed by atoms with van der Waals surface area (Å²) in [5.74, 6) is 0.546. The molecule has 0 spiro atoms. The molecule has 4 heteroatoms. The van der Waals surface area contributed by atoms with Gasteiger partial charge >= 0.3 is 0 Å². The van der Waals surface area contributed by atoms with E-state index in [-0.39, 0.29) is 14.9 Å². The SMILES string of the molecule is C.C.CCC(C)c1ccc(-c2nc3nccnc3nc2-c2ccc(C)cc2)cc1. The Morgan fingerprint density at radius 1 is 0.724 bits per heavy atom. The molecule has 4 aromatic rings. The third-order valence-corrected chi connectivity index (χ3v) is 5.01. The molecular weight excluding hydrogens is 356 g/mol. The molecule has 1 atom stereocenters. The Morgan fingerprint density at radius 2 is 1.17 bits per heavy atom. The van der Waals surface area contributed by atoms with Crippen LogP contribution < -0.4 is 0 Å². The Kier molecular flexibility index (Phi) is 7.16. The molecule has 0 N–H and O–H groups in total. The molecule has 4 nitrogen and oxygen atoms in total. The topological polar surface area (TPSA) is 51.6 Å². The van der Waals surface area contributed by atoms with Crippen LogP contribution in [0.15, 0.2) is 60.9 Å². The minimum absolute atomic E-state index is 0. The number of aromatic nitrogens is 4. The number of hydrogen-bond donors (Lipinski definition) is 0. The van der Waals surface area contributed by atoms with Crippen LogP contribution in [-0.4, -0.2) is 19.9 Å². The summed E-state index contributed by atoms with van der Waals surface area (Å²) in [7, 11) is 0. The Morgan fingerprint density at radius 3 is 1.62 bits per heavy atom. The summed E-state index contributed by atoms with van der Waals surface area (Å²) in [4.78, 5) is 18.3. The van der Waals surface area contributed by atoms with Crippen molar-refractivity contribution in [3.8, 4) is 22.5 Å². The zero-order chi connectivity index (χ0) is 18.8. The fraction of sp³-hybridized carbons (Fsp3) is 0.280. The molecule has 0 saturated carbocycles. The first kappa shape index (κ1) is 22.2. The lowest BCUT2D eigenvalue weighted by Crippen LogP contribution is -1.99. The van der Waals surface area contributed by atoms with Crippen molar-refractivity contribution in [2.45, 2.75) is 48.0 Å². The Bertz CT molecular complexity index is 1070. The molecular formula is C25H30N4. The predicted octanol–water partition coefficient (Wildman–Crippen LogP) is 6.85. The first-order chi connectivity index (χ1) is 13.2. The van der Waals surface area contributed by atoms with E-state index in [2.05, 4.69) is 79.3 Å². The van der Waals surface area contributed by atoms with Gasteiger partial charge in [-0.05, 0) is 24.8 Å². The summed E-state index contributed by atoms with van der Waals surface area (Å²) in [6.45, 7) is 6.54. The second-order valence-corrected chi connectivity index (χ2v) is 6.92. The van der Waals surface area contributed by atoms with Crippen molar-refractivity contribution in [3.05, 3.63) is 72.1 Å². The fourth-order valence-electron chi connectivity index (χ4n) is 3.12. The average Bonchev–Trinajstić information content (AvgIpc) is 2.73. The number of rotatable bonds is 4. The molecule has 29 heavy (non-hydrogen) atoms. The van der Waals surface area contributed by atoms with Crippen molar-refractivity contribution in [3.63, 3.8) is 0 Å². The van der Waals surface area contributed by atoms with Crippen LogP contribution in [0.1, 0.15) is 52.2 Å². The highest BCUT2D eigenvalue weighted by atomic mass is 15.0. The highest BCUT2D eigenvalue weighted by Gasteiger charge is 2.15. The Labute approximate surface area is 174 Å². The van der Waals surface area contributed by atoms with Crippen molar-refractivity contribution in [2.24, 2.45) is 0 Å². The van der Waals surface area contributed by atoms with Crippen molar-refractivity contribution in [1.82, 2.24) is 19.9 Å². The third-order valence-electron chi connectivity index (χ3n) is 5.01. The third kappa shape index (κ3) is 4.48. The van der Waals surface area contributed by atoms with E-state index < -0.39 is 0 Å². The molecule has 2 aromatic heterocycles. The zero-order valence-corrected chi connectivity index (χ0v) is 15.8. The molecule has 0 bridgehead atoms. The molecule has 0 amide bonds. The van der Waals surface area contributed by atoms with Gasteiger partial charge in [0.15, 0.2) is 11.3 Å². The number of aryl methyl sites for hydroxylation is 1. The van der Waals surface area contributed by atoms with Gasteiger partial charge in [0.2, 0.25) is 0 Å². The van der Waals surface area contributed by atoms with E-state index in [9.17, 15) is 0 Å². The summed E-state index contributed by atoms with van der Waals surface area (Å²) >= 11 is 0. The van der Waals surface area contributed by atoms with Crippen LogP contribution in [0.5, 0.6) is 0 Å². The maximum atomic E-state index is 4.80. The zero-order valence-electron chi connectivity index (χ0n) is 15.8. The number of benzene rings is 2. The molecule has 4 rings (SSSR count). The summed E-state index contributed by atoms with van der Waals surface area (Å²) in [5.41, 5.74) is 7.42. The number of nitrogens with zero attached hydrogens (tertiary/aromatic N) is 4. The minimum atomic E-state index is 0. The van der Waals surface area contributed by atoms with Gasteiger partial charge in [-0.25, -0.2) is 19.9 Å². The second-order valence-electron chi connectivity index (χ2n) is 6.92. The quantitative estimate of drug-likeness (QED) is 0.385. The molecule has 0 aliphatic rings. The van der Waals surface area contributed by atoms with Crippen LogP contribution in [-0.2, 0) is 0 Å². The average molecular weight is 387 g/mol. The normalized spacial score (nSPS) is 11.4. The van der Waals surface area contributed by atoms with E-state index in [0.717, 1.165) is 28.9 Å². The van der Waals surface area contributed by atoms with E-state index in [1.54, 1.807) is 12.4 Å². The predicted molar refractivity (Wildman–Crippen MR) is 123 cm³/mol. The molecule has 2 heterocycles. The van der Waals surface area contributed by atoms with Gasteiger partial charge in [-0.1, -0.05) is 82.8 Å². The largest absolute Gasteiger partial charge is 0.232 e. The van der Waals surface area contributed by atoms with Crippen LogP contribution in [0, 0.1) is 6.92 Å². The van der Waals surface area contributed by atoms with E-state index in [0.29, 0.717) is 17.2 Å². The minimum Gasteiger partial charge on any atom is -0.232 e. The van der Waals surface area contributed by atoms with Crippen LogP contribution in [0.2, 0.25) is 0 Å². The van der Waals surface area contributed by atoms with E-state index >= 15 is 0 Å². The van der Waals surface area contributed by atoms with Gasteiger partial charge < -0.3 is 0 Å².